The molecule has 8 nitrogen and oxygen atoms in total. The van der Waals surface area contributed by atoms with Crippen LogP contribution in [0.1, 0.15) is 15.9 Å². The van der Waals surface area contributed by atoms with Gasteiger partial charge in [-0.25, -0.2) is 4.79 Å². The number of hydrogen-bond acceptors (Lipinski definition) is 6. The Morgan fingerprint density at radius 1 is 1.13 bits per heavy atom. The molecule has 2 aromatic rings. The van der Waals surface area contributed by atoms with Gasteiger partial charge in [-0.1, -0.05) is 48.5 Å². The predicted octanol–water partition coefficient (Wildman–Crippen LogP) is 1.23. The summed E-state index contributed by atoms with van der Waals surface area (Å²) in [6.45, 7) is -0.0413. The summed E-state index contributed by atoms with van der Waals surface area (Å²) >= 11 is -1.68. The molecule has 154 valence electrons. The van der Waals surface area contributed by atoms with Crippen molar-refractivity contribution in [2.75, 3.05) is 5.75 Å². The van der Waals surface area contributed by atoms with Gasteiger partial charge in [0.2, 0.25) is 5.37 Å². The molecule has 2 aliphatic heterocycles. The molecule has 0 spiro atoms. The number of hydrogen-bond donors (Lipinski definition) is 2. The Kier molecular flexibility index (Phi) is 5.47. The number of aliphatic hydroxyl groups excluding tert-OH is 1. The number of ether oxygens (including phenoxy) is 1. The molecule has 2 heterocycles. The number of benzene rings is 2. The Labute approximate surface area is 175 Å². The van der Waals surface area contributed by atoms with E-state index in [4.69, 9.17) is 4.74 Å². The van der Waals surface area contributed by atoms with Gasteiger partial charge in [0.05, 0.1) is 0 Å². The molecule has 2 amide bonds. The van der Waals surface area contributed by atoms with Gasteiger partial charge in [-0.15, -0.1) is 0 Å². The summed E-state index contributed by atoms with van der Waals surface area (Å²) < 4.78 is 17.7. The van der Waals surface area contributed by atoms with Crippen LogP contribution in [0.2, 0.25) is 0 Å². The minimum atomic E-state index is -1.68. The van der Waals surface area contributed by atoms with E-state index in [1.54, 1.807) is 54.6 Å². The Bertz CT molecular complexity index is 1010. The highest BCUT2D eigenvalue weighted by Crippen LogP contribution is 2.36. The zero-order valence-electron chi connectivity index (χ0n) is 15.7. The SMILES string of the molecule is O=C(OCc1ccccc1)C1=C(O)C[S+]([O-])[C@H]2C(NC(=O)c3ccccc3)C(=O)N12. The van der Waals surface area contributed by atoms with Crippen LogP contribution < -0.4 is 5.32 Å². The fourth-order valence-corrected chi connectivity index (χ4v) is 4.86. The van der Waals surface area contributed by atoms with Crippen molar-refractivity contribution in [3.63, 3.8) is 0 Å². The second kappa shape index (κ2) is 8.21. The summed E-state index contributed by atoms with van der Waals surface area (Å²) in [5.74, 6) is -2.78. The van der Waals surface area contributed by atoms with E-state index >= 15 is 0 Å². The molecule has 0 bridgehead atoms. The molecule has 0 radical (unpaired) electrons. The zero-order valence-corrected chi connectivity index (χ0v) is 16.5. The highest BCUT2D eigenvalue weighted by Gasteiger charge is 2.61. The van der Waals surface area contributed by atoms with Gasteiger partial charge >= 0.3 is 5.97 Å². The Hall–Kier alpha value is -3.30. The quantitative estimate of drug-likeness (QED) is 0.422. The maximum Gasteiger partial charge on any atom is 0.359 e. The van der Waals surface area contributed by atoms with E-state index in [9.17, 15) is 24.0 Å². The molecule has 2 unspecified atom stereocenters. The van der Waals surface area contributed by atoms with Gasteiger partial charge in [0.25, 0.3) is 11.8 Å². The highest BCUT2D eigenvalue weighted by molar-refractivity contribution is 7.92. The molecule has 9 heteroatoms. The number of carbonyl (C=O) groups excluding carboxylic acids is 3. The van der Waals surface area contributed by atoms with Crippen LogP contribution in [-0.2, 0) is 32.1 Å². The van der Waals surface area contributed by atoms with Crippen molar-refractivity contribution in [2.24, 2.45) is 0 Å². The van der Waals surface area contributed by atoms with Crippen LogP contribution in [0.3, 0.4) is 0 Å². The first kappa shape index (κ1) is 20.0. The van der Waals surface area contributed by atoms with Gasteiger partial charge < -0.3 is 19.7 Å². The number of carbonyl (C=O) groups is 3. The van der Waals surface area contributed by atoms with Crippen LogP contribution in [0, 0.1) is 0 Å². The number of aliphatic hydroxyl groups is 1. The summed E-state index contributed by atoms with van der Waals surface area (Å²) in [6.07, 6.45) is 0. The minimum absolute atomic E-state index is 0.0413. The average Bonchev–Trinajstić information content (AvgIpc) is 2.76. The molecular formula is C21H18N2O6S. The standard InChI is InChI=1S/C21H18N2O6S/c24-15-12-30(28)20-16(22-18(25)14-9-5-2-6-10-14)19(26)23(20)17(15)21(27)29-11-13-7-3-1-4-8-13/h1-10,16,20,24H,11-12H2,(H,22,25)/t16?,20-,30?/m0/s1. The molecule has 4 rings (SSSR count). The molecule has 2 aliphatic rings. The van der Waals surface area contributed by atoms with Gasteiger partial charge in [0.1, 0.15) is 6.61 Å². The Balaban J connectivity index is 1.48. The number of β-lactam (4-membered cyclic amide) rings is 1. The third kappa shape index (κ3) is 3.64. The highest BCUT2D eigenvalue weighted by atomic mass is 32.2. The van der Waals surface area contributed by atoms with E-state index in [1.807, 2.05) is 6.07 Å². The van der Waals surface area contributed by atoms with Gasteiger partial charge in [-0.3, -0.25) is 14.5 Å². The lowest BCUT2D eigenvalue weighted by molar-refractivity contribution is -0.153. The monoisotopic (exact) mass is 426 g/mol. The lowest BCUT2D eigenvalue weighted by Crippen LogP contribution is -2.74. The van der Waals surface area contributed by atoms with Crippen LogP contribution >= 0.6 is 0 Å². The molecule has 0 saturated carbocycles. The minimum Gasteiger partial charge on any atom is -0.614 e. The number of esters is 1. The van der Waals surface area contributed by atoms with E-state index in [0.29, 0.717) is 5.56 Å². The van der Waals surface area contributed by atoms with Gasteiger partial charge in [-0.2, -0.15) is 0 Å². The van der Waals surface area contributed by atoms with Crippen LogP contribution in [0.4, 0.5) is 0 Å². The lowest BCUT2D eigenvalue weighted by atomic mass is 10.0. The second-order valence-electron chi connectivity index (χ2n) is 6.80. The van der Waals surface area contributed by atoms with E-state index in [1.165, 1.54) is 0 Å². The number of fused-ring (bicyclic) bond motifs is 1. The number of amides is 2. The van der Waals surface area contributed by atoms with Crippen molar-refractivity contribution in [1.82, 2.24) is 10.2 Å². The number of rotatable bonds is 5. The van der Waals surface area contributed by atoms with E-state index in [2.05, 4.69) is 5.32 Å². The van der Waals surface area contributed by atoms with E-state index in [-0.39, 0.29) is 18.1 Å². The maximum absolute atomic E-state index is 12.7. The Morgan fingerprint density at radius 3 is 2.43 bits per heavy atom. The maximum atomic E-state index is 12.7. The Morgan fingerprint density at radius 2 is 1.77 bits per heavy atom. The van der Waals surface area contributed by atoms with Crippen LogP contribution in [0.15, 0.2) is 72.1 Å². The van der Waals surface area contributed by atoms with Crippen LogP contribution in [-0.4, -0.2) is 49.5 Å². The first-order chi connectivity index (χ1) is 14.5. The van der Waals surface area contributed by atoms with Crippen LogP contribution in [0.25, 0.3) is 0 Å². The normalized spacial score (nSPS) is 22.8. The molecule has 2 aromatic carbocycles. The van der Waals surface area contributed by atoms with E-state index in [0.717, 1.165) is 10.5 Å². The number of nitrogens with zero attached hydrogens (tertiary/aromatic N) is 1. The molecule has 2 N–H and O–H groups in total. The third-order valence-corrected chi connectivity index (χ3v) is 6.41. The van der Waals surface area contributed by atoms with Crippen molar-refractivity contribution >= 4 is 29.0 Å². The fraction of sp³-hybridized carbons (Fsp3) is 0.190. The largest absolute Gasteiger partial charge is 0.614 e. The predicted molar refractivity (Wildman–Crippen MR) is 107 cm³/mol. The van der Waals surface area contributed by atoms with Crippen molar-refractivity contribution in [3.05, 3.63) is 83.2 Å². The van der Waals surface area contributed by atoms with Crippen molar-refractivity contribution in [2.45, 2.75) is 18.0 Å². The molecule has 0 aliphatic carbocycles. The van der Waals surface area contributed by atoms with Crippen molar-refractivity contribution < 1.29 is 28.8 Å². The average molecular weight is 426 g/mol. The molecule has 3 atom stereocenters. The first-order valence-electron chi connectivity index (χ1n) is 9.16. The molecule has 30 heavy (non-hydrogen) atoms. The van der Waals surface area contributed by atoms with Gasteiger partial charge in [-0.05, 0) is 28.9 Å². The number of nitrogens with one attached hydrogen (secondary N) is 1. The zero-order chi connectivity index (χ0) is 21.3. The van der Waals surface area contributed by atoms with Gasteiger partial charge in [0.15, 0.2) is 23.3 Å². The molecule has 0 aromatic heterocycles. The molecule has 1 fully saturated rings. The second-order valence-corrected chi connectivity index (χ2v) is 8.33. The summed E-state index contributed by atoms with van der Waals surface area (Å²) in [7, 11) is 0. The summed E-state index contributed by atoms with van der Waals surface area (Å²) in [5.41, 5.74) is 0.766. The fourth-order valence-electron chi connectivity index (χ4n) is 3.35. The smallest absolute Gasteiger partial charge is 0.359 e. The van der Waals surface area contributed by atoms with Crippen LogP contribution in [0.5, 0.6) is 0 Å². The third-order valence-electron chi connectivity index (χ3n) is 4.83. The summed E-state index contributed by atoms with van der Waals surface area (Å²) in [6, 6.07) is 16.2. The lowest BCUT2D eigenvalue weighted by Gasteiger charge is -2.48. The molecular weight excluding hydrogens is 408 g/mol. The van der Waals surface area contributed by atoms with Gasteiger partial charge in [0, 0.05) is 5.56 Å². The van der Waals surface area contributed by atoms with Crippen molar-refractivity contribution in [3.8, 4) is 0 Å². The summed E-state index contributed by atoms with van der Waals surface area (Å²) in [5, 5.41) is 11.8. The van der Waals surface area contributed by atoms with E-state index < -0.39 is 46.1 Å². The van der Waals surface area contributed by atoms with Crippen molar-refractivity contribution in [1.29, 1.82) is 0 Å². The topological polar surface area (TPSA) is 119 Å². The molecule has 1 saturated heterocycles. The first-order valence-corrected chi connectivity index (χ1v) is 10.5. The summed E-state index contributed by atoms with van der Waals surface area (Å²) in [4.78, 5) is 38.6.